The Balaban J connectivity index is 1.96. The number of halogens is 1. The number of fused-ring (bicyclic) bond motifs is 1. The number of hydrogen-bond acceptors (Lipinski definition) is 4. The second-order valence-corrected chi connectivity index (χ2v) is 5.66. The molecule has 0 aromatic heterocycles. The summed E-state index contributed by atoms with van der Waals surface area (Å²) in [6, 6.07) is 3.92. The van der Waals surface area contributed by atoms with Crippen LogP contribution in [0.25, 0.3) is 0 Å². The fraction of sp³-hybridized carbons (Fsp3) is 0.467. The Morgan fingerprint density at radius 1 is 1.24 bits per heavy atom. The minimum absolute atomic E-state index is 0.0330. The van der Waals surface area contributed by atoms with E-state index in [2.05, 4.69) is 15.9 Å². The maximum absolute atomic E-state index is 12.1. The molecule has 1 aliphatic heterocycles. The Morgan fingerprint density at radius 3 is 2.52 bits per heavy atom. The summed E-state index contributed by atoms with van der Waals surface area (Å²) in [5, 5.41) is 0. The molecule has 114 valence electrons. The van der Waals surface area contributed by atoms with Crippen LogP contribution in [0.4, 0.5) is 0 Å². The van der Waals surface area contributed by atoms with Crippen LogP contribution >= 0.6 is 15.9 Å². The van der Waals surface area contributed by atoms with Crippen LogP contribution in [0.1, 0.15) is 30.9 Å². The molecule has 1 aliphatic rings. The van der Waals surface area contributed by atoms with Crippen LogP contribution in [0.2, 0.25) is 0 Å². The highest BCUT2D eigenvalue weighted by molar-refractivity contribution is 9.10. The number of carbonyl (C=O) groups is 2. The maximum Gasteiger partial charge on any atom is 0.306 e. The Kier molecular flexibility index (Phi) is 5.22. The lowest BCUT2D eigenvalue weighted by molar-refractivity contribution is -0.145. The molecule has 1 heterocycles. The molecule has 0 radical (unpaired) electrons. The van der Waals surface area contributed by atoms with Gasteiger partial charge in [0.05, 0.1) is 24.6 Å². The fourth-order valence-electron chi connectivity index (χ4n) is 2.33. The van der Waals surface area contributed by atoms with E-state index in [-0.39, 0.29) is 24.7 Å². The van der Waals surface area contributed by atoms with E-state index in [1.807, 2.05) is 12.1 Å². The second kappa shape index (κ2) is 6.93. The Bertz CT molecular complexity index is 559. The molecule has 0 spiro atoms. The first-order valence-corrected chi connectivity index (χ1v) is 7.63. The lowest BCUT2D eigenvalue weighted by Gasteiger charge is -2.14. The molecule has 1 aromatic carbocycles. The average Bonchev–Trinajstić information content (AvgIpc) is 2.86. The average molecular weight is 356 g/mol. The molecule has 0 N–H and O–H groups in total. The predicted molar refractivity (Wildman–Crippen MR) is 80.8 cm³/mol. The van der Waals surface area contributed by atoms with Crippen LogP contribution < -0.4 is 4.74 Å². The summed E-state index contributed by atoms with van der Waals surface area (Å²) in [6.07, 6.45) is 0.317. The standard InChI is InChI=1S/C15H18BrNO4/c1-3-21-15(19)5-4-14(18)17-8-10-6-12(16)13(20-2)7-11(10)9-17/h6-7H,3-5,8-9H2,1-2H3. The number of rotatable bonds is 5. The van der Waals surface area contributed by atoms with Crippen LogP contribution in [0.15, 0.2) is 16.6 Å². The van der Waals surface area contributed by atoms with Gasteiger partial charge in [-0.05, 0) is 46.1 Å². The molecule has 0 unspecified atom stereocenters. The lowest BCUT2D eigenvalue weighted by Crippen LogP contribution is -2.25. The zero-order chi connectivity index (χ0) is 15.4. The fourth-order valence-corrected chi connectivity index (χ4v) is 2.88. The summed E-state index contributed by atoms with van der Waals surface area (Å²) in [6.45, 7) is 3.22. The third kappa shape index (κ3) is 3.75. The van der Waals surface area contributed by atoms with Gasteiger partial charge in [0.1, 0.15) is 5.75 Å². The van der Waals surface area contributed by atoms with Gasteiger partial charge in [0.15, 0.2) is 0 Å². The molecule has 21 heavy (non-hydrogen) atoms. The van der Waals surface area contributed by atoms with Gasteiger partial charge in [-0.15, -0.1) is 0 Å². The summed E-state index contributed by atoms with van der Waals surface area (Å²) < 4.78 is 11.0. The zero-order valence-corrected chi connectivity index (χ0v) is 13.7. The van der Waals surface area contributed by atoms with Gasteiger partial charge < -0.3 is 14.4 Å². The Labute approximate surface area is 132 Å². The van der Waals surface area contributed by atoms with Crippen molar-refractivity contribution in [1.29, 1.82) is 0 Å². The van der Waals surface area contributed by atoms with Gasteiger partial charge in [0.2, 0.25) is 5.91 Å². The first-order valence-electron chi connectivity index (χ1n) is 6.83. The van der Waals surface area contributed by atoms with Crippen molar-refractivity contribution in [3.05, 3.63) is 27.7 Å². The smallest absolute Gasteiger partial charge is 0.306 e. The van der Waals surface area contributed by atoms with Gasteiger partial charge in [0.25, 0.3) is 0 Å². The molecule has 2 rings (SSSR count). The molecule has 0 aliphatic carbocycles. The number of methoxy groups -OCH3 is 1. The van der Waals surface area contributed by atoms with Crippen molar-refractivity contribution >= 4 is 27.8 Å². The normalized spacial score (nSPS) is 13.0. The van der Waals surface area contributed by atoms with E-state index in [9.17, 15) is 9.59 Å². The Morgan fingerprint density at radius 2 is 1.90 bits per heavy atom. The summed E-state index contributed by atoms with van der Waals surface area (Å²) >= 11 is 3.44. The van der Waals surface area contributed by atoms with Gasteiger partial charge in [0, 0.05) is 19.5 Å². The maximum atomic E-state index is 12.1. The molecular formula is C15H18BrNO4. The number of benzene rings is 1. The van der Waals surface area contributed by atoms with Crippen LogP contribution in [0, 0.1) is 0 Å². The highest BCUT2D eigenvalue weighted by Gasteiger charge is 2.25. The minimum atomic E-state index is -0.327. The lowest BCUT2D eigenvalue weighted by atomic mass is 10.1. The van der Waals surface area contributed by atoms with Crippen molar-refractivity contribution in [2.75, 3.05) is 13.7 Å². The van der Waals surface area contributed by atoms with Crippen LogP contribution in [0.3, 0.4) is 0 Å². The molecule has 5 nitrogen and oxygen atoms in total. The predicted octanol–water partition coefficient (Wildman–Crippen LogP) is 2.64. The van der Waals surface area contributed by atoms with Gasteiger partial charge in [-0.3, -0.25) is 9.59 Å². The number of esters is 1. The first-order chi connectivity index (χ1) is 10.0. The van der Waals surface area contributed by atoms with Crippen LogP contribution in [-0.4, -0.2) is 30.5 Å². The van der Waals surface area contributed by atoms with Crippen molar-refractivity contribution < 1.29 is 19.1 Å². The summed E-state index contributed by atoms with van der Waals surface area (Å²) in [5.41, 5.74) is 2.19. The van der Waals surface area contributed by atoms with E-state index in [4.69, 9.17) is 9.47 Å². The van der Waals surface area contributed by atoms with Crippen molar-refractivity contribution in [2.45, 2.75) is 32.9 Å². The molecule has 6 heteroatoms. The minimum Gasteiger partial charge on any atom is -0.496 e. The molecule has 1 aromatic rings. The van der Waals surface area contributed by atoms with E-state index >= 15 is 0 Å². The number of hydrogen-bond donors (Lipinski definition) is 0. The molecule has 0 saturated carbocycles. The van der Waals surface area contributed by atoms with Gasteiger partial charge in [-0.25, -0.2) is 0 Å². The van der Waals surface area contributed by atoms with Gasteiger partial charge in [-0.2, -0.15) is 0 Å². The monoisotopic (exact) mass is 355 g/mol. The van der Waals surface area contributed by atoms with E-state index in [0.29, 0.717) is 19.7 Å². The summed E-state index contributed by atoms with van der Waals surface area (Å²) in [5.74, 6) is 0.399. The number of amides is 1. The molecule has 0 bridgehead atoms. The van der Waals surface area contributed by atoms with Crippen molar-refractivity contribution in [3.63, 3.8) is 0 Å². The topological polar surface area (TPSA) is 55.8 Å². The second-order valence-electron chi connectivity index (χ2n) is 4.81. The molecule has 0 atom stereocenters. The van der Waals surface area contributed by atoms with Gasteiger partial charge >= 0.3 is 5.97 Å². The Hall–Kier alpha value is -1.56. The summed E-state index contributed by atoms with van der Waals surface area (Å²) in [4.78, 5) is 25.2. The van der Waals surface area contributed by atoms with E-state index in [1.165, 1.54) is 0 Å². The highest BCUT2D eigenvalue weighted by atomic mass is 79.9. The van der Waals surface area contributed by atoms with Crippen LogP contribution in [0.5, 0.6) is 5.75 Å². The van der Waals surface area contributed by atoms with Crippen LogP contribution in [-0.2, 0) is 27.4 Å². The van der Waals surface area contributed by atoms with Crippen molar-refractivity contribution in [1.82, 2.24) is 4.90 Å². The van der Waals surface area contributed by atoms with Gasteiger partial charge in [-0.1, -0.05) is 0 Å². The van der Waals surface area contributed by atoms with Crippen molar-refractivity contribution in [2.24, 2.45) is 0 Å². The SMILES string of the molecule is CCOC(=O)CCC(=O)N1Cc2cc(Br)c(OC)cc2C1. The third-order valence-electron chi connectivity index (χ3n) is 3.40. The highest BCUT2D eigenvalue weighted by Crippen LogP contribution is 2.33. The number of carbonyl (C=O) groups excluding carboxylic acids is 2. The largest absolute Gasteiger partial charge is 0.496 e. The quantitative estimate of drug-likeness (QED) is 0.762. The third-order valence-corrected chi connectivity index (χ3v) is 4.02. The molecule has 1 amide bonds. The van der Waals surface area contributed by atoms with E-state index < -0.39 is 0 Å². The first kappa shape index (κ1) is 15.8. The molecule has 0 fully saturated rings. The molecule has 0 saturated heterocycles. The number of ether oxygens (including phenoxy) is 2. The summed E-state index contributed by atoms with van der Waals surface area (Å²) in [7, 11) is 1.61. The molecular weight excluding hydrogens is 338 g/mol. The number of nitrogens with zero attached hydrogens (tertiary/aromatic N) is 1. The zero-order valence-electron chi connectivity index (χ0n) is 12.1. The van der Waals surface area contributed by atoms with E-state index in [0.717, 1.165) is 21.3 Å². The van der Waals surface area contributed by atoms with E-state index in [1.54, 1.807) is 18.9 Å². The van der Waals surface area contributed by atoms with Crippen molar-refractivity contribution in [3.8, 4) is 5.75 Å².